The van der Waals surface area contributed by atoms with E-state index in [9.17, 15) is 4.79 Å². The highest BCUT2D eigenvalue weighted by Crippen LogP contribution is 2.12. The number of nitrogens with zero attached hydrogens (tertiary/aromatic N) is 2. The van der Waals surface area contributed by atoms with E-state index in [0.29, 0.717) is 30.5 Å². The van der Waals surface area contributed by atoms with Gasteiger partial charge < -0.3 is 19.8 Å². The van der Waals surface area contributed by atoms with Crippen LogP contribution in [0.4, 0.5) is 5.95 Å². The van der Waals surface area contributed by atoms with Gasteiger partial charge in [0.05, 0.1) is 19.9 Å². The molecule has 0 fully saturated rings. The van der Waals surface area contributed by atoms with Gasteiger partial charge in [-0.2, -0.15) is 0 Å². The third-order valence-electron chi connectivity index (χ3n) is 3.50. The van der Waals surface area contributed by atoms with Crippen molar-refractivity contribution in [1.82, 2.24) is 15.3 Å². The summed E-state index contributed by atoms with van der Waals surface area (Å²) in [6.45, 7) is 0.853. The highest BCUT2D eigenvalue weighted by molar-refractivity contribution is 5.92. The Bertz CT molecular complexity index is 817. The first-order valence-electron chi connectivity index (χ1n) is 7.75. The van der Waals surface area contributed by atoms with Gasteiger partial charge in [0.1, 0.15) is 17.2 Å². The van der Waals surface area contributed by atoms with E-state index in [0.717, 1.165) is 11.3 Å². The minimum Gasteiger partial charge on any atom is -0.497 e. The summed E-state index contributed by atoms with van der Waals surface area (Å²) in [5.74, 6) is 1.59. The van der Waals surface area contributed by atoms with Crippen LogP contribution in [0.1, 0.15) is 21.8 Å². The third kappa shape index (κ3) is 4.57. The molecular weight excluding hydrogens is 320 g/mol. The van der Waals surface area contributed by atoms with Crippen LogP contribution in [-0.2, 0) is 13.1 Å². The van der Waals surface area contributed by atoms with E-state index in [1.165, 1.54) is 0 Å². The zero-order valence-electron chi connectivity index (χ0n) is 13.7. The average Bonchev–Trinajstić information content (AvgIpc) is 3.19. The Kier molecular flexibility index (Phi) is 5.26. The second kappa shape index (κ2) is 7.96. The molecule has 0 aliphatic carbocycles. The van der Waals surface area contributed by atoms with E-state index in [4.69, 9.17) is 9.15 Å². The van der Waals surface area contributed by atoms with Crippen LogP contribution in [0, 0.1) is 0 Å². The molecule has 128 valence electrons. The number of carbonyl (C=O) groups is 1. The number of aromatic nitrogens is 2. The van der Waals surface area contributed by atoms with Crippen LogP contribution in [0.3, 0.4) is 0 Å². The van der Waals surface area contributed by atoms with E-state index < -0.39 is 0 Å². The van der Waals surface area contributed by atoms with Crippen LogP contribution >= 0.6 is 0 Å². The number of ether oxygens (including phenoxy) is 1. The number of methoxy groups -OCH3 is 1. The van der Waals surface area contributed by atoms with Crippen LogP contribution < -0.4 is 15.4 Å². The number of anilines is 1. The van der Waals surface area contributed by atoms with Crippen LogP contribution in [0.2, 0.25) is 0 Å². The molecule has 1 amide bonds. The summed E-state index contributed by atoms with van der Waals surface area (Å²) in [5.41, 5.74) is 1.34. The summed E-state index contributed by atoms with van der Waals surface area (Å²) in [6, 6.07) is 12.8. The van der Waals surface area contributed by atoms with E-state index in [2.05, 4.69) is 20.6 Å². The molecular formula is C18H18N4O3. The molecule has 0 saturated carbocycles. The number of carbonyl (C=O) groups excluding carboxylic acids is 1. The fourth-order valence-corrected chi connectivity index (χ4v) is 2.17. The topological polar surface area (TPSA) is 89.3 Å². The SMILES string of the molecule is COc1ccc(CNc2nccc(C(=O)NCc3ccco3)n2)cc1. The van der Waals surface area contributed by atoms with Gasteiger partial charge in [-0.05, 0) is 35.9 Å². The van der Waals surface area contributed by atoms with E-state index >= 15 is 0 Å². The lowest BCUT2D eigenvalue weighted by atomic mass is 10.2. The first-order chi connectivity index (χ1) is 12.2. The normalized spacial score (nSPS) is 10.3. The molecule has 25 heavy (non-hydrogen) atoms. The number of nitrogens with one attached hydrogen (secondary N) is 2. The van der Waals surface area contributed by atoms with Crippen molar-refractivity contribution in [3.8, 4) is 5.75 Å². The van der Waals surface area contributed by atoms with Crippen molar-refractivity contribution in [3.63, 3.8) is 0 Å². The number of rotatable bonds is 7. The maximum atomic E-state index is 12.2. The van der Waals surface area contributed by atoms with Crippen LogP contribution in [0.15, 0.2) is 59.3 Å². The Labute approximate surface area is 145 Å². The largest absolute Gasteiger partial charge is 0.497 e. The molecule has 0 spiro atoms. The van der Waals surface area contributed by atoms with Gasteiger partial charge in [-0.15, -0.1) is 0 Å². The van der Waals surface area contributed by atoms with Gasteiger partial charge in [0.15, 0.2) is 0 Å². The van der Waals surface area contributed by atoms with E-state index in [1.54, 1.807) is 37.8 Å². The first-order valence-corrected chi connectivity index (χ1v) is 7.75. The van der Waals surface area contributed by atoms with Crippen molar-refractivity contribution in [2.75, 3.05) is 12.4 Å². The van der Waals surface area contributed by atoms with Gasteiger partial charge >= 0.3 is 0 Å². The minimum absolute atomic E-state index is 0.286. The predicted molar refractivity (Wildman–Crippen MR) is 92.2 cm³/mol. The molecule has 7 nitrogen and oxygen atoms in total. The fourth-order valence-electron chi connectivity index (χ4n) is 2.17. The van der Waals surface area contributed by atoms with Crippen molar-refractivity contribution in [2.45, 2.75) is 13.1 Å². The zero-order valence-corrected chi connectivity index (χ0v) is 13.7. The minimum atomic E-state index is -0.286. The lowest BCUT2D eigenvalue weighted by Crippen LogP contribution is -2.24. The van der Waals surface area contributed by atoms with Crippen LogP contribution in [0.5, 0.6) is 5.75 Å². The number of hydrogen-bond acceptors (Lipinski definition) is 6. The third-order valence-corrected chi connectivity index (χ3v) is 3.50. The van der Waals surface area contributed by atoms with Crippen LogP contribution in [-0.4, -0.2) is 23.0 Å². The summed E-state index contributed by atoms with van der Waals surface area (Å²) < 4.78 is 10.3. The molecule has 0 radical (unpaired) electrons. The van der Waals surface area contributed by atoms with E-state index in [-0.39, 0.29) is 5.91 Å². The zero-order chi connectivity index (χ0) is 17.5. The van der Waals surface area contributed by atoms with Gasteiger partial charge in [-0.25, -0.2) is 9.97 Å². The molecule has 2 N–H and O–H groups in total. The monoisotopic (exact) mass is 338 g/mol. The summed E-state index contributed by atoms with van der Waals surface area (Å²) in [6.07, 6.45) is 3.11. The van der Waals surface area contributed by atoms with E-state index in [1.807, 2.05) is 24.3 Å². The molecule has 0 aliphatic rings. The molecule has 0 unspecified atom stereocenters. The highest BCUT2D eigenvalue weighted by Gasteiger charge is 2.09. The molecule has 3 rings (SSSR count). The first kappa shape index (κ1) is 16.5. The molecule has 2 heterocycles. The Morgan fingerprint density at radius 2 is 2.00 bits per heavy atom. The summed E-state index contributed by atoms with van der Waals surface area (Å²) in [7, 11) is 1.63. The standard InChI is InChI=1S/C18H18N4O3/c1-24-14-6-4-13(5-7-14)11-21-18-19-9-8-16(22-18)17(23)20-12-15-3-2-10-25-15/h2-10H,11-12H2,1H3,(H,20,23)(H,19,21,22). The molecule has 0 atom stereocenters. The second-order valence-corrected chi connectivity index (χ2v) is 5.23. The molecule has 7 heteroatoms. The quantitative estimate of drug-likeness (QED) is 0.688. The summed E-state index contributed by atoms with van der Waals surface area (Å²) in [5, 5.41) is 5.85. The number of furan rings is 1. The van der Waals surface area contributed by atoms with Crippen molar-refractivity contribution >= 4 is 11.9 Å². The smallest absolute Gasteiger partial charge is 0.270 e. The van der Waals surface area contributed by atoms with Gasteiger partial charge in [0.2, 0.25) is 5.95 Å². The Hall–Kier alpha value is -3.35. The Balaban J connectivity index is 1.57. The van der Waals surface area contributed by atoms with Crippen molar-refractivity contribution in [2.24, 2.45) is 0 Å². The Morgan fingerprint density at radius 1 is 1.16 bits per heavy atom. The molecule has 0 saturated heterocycles. The second-order valence-electron chi connectivity index (χ2n) is 5.23. The van der Waals surface area contributed by atoms with Crippen molar-refractivity contribution < 1.29 is 13.9 Å². The molecule has 3 aromatic rings. The fraction of sp³-hybridized carbons (Fsp3) is 0.167. The average molecular weight is 338 g/mol. The maximum Gasteiger partial charge on any atom is 0.270 e. The molecule has 0 bridgehead atoms. The number of amides is 1. The van der Waals surface area contributed by atoms with Gasteiger partial charge in [-0.1, -0.05) is 12.1 Å². The summed E-state index contributed by atoms with van der Waals surface area (Å²) >= 11 is 0. The highest BCUT2D eigenvalue weighted by atomic mass is 16.5. The van der Waals surface area contributed by atoms with Gasteiger partial charge in [0.25, 0.3) is 5.91 Å². The number of benzene rings is 1. The molecule has 1 aromatic carbocycles. The lowest BCUT2D eigenvalue weighted by molar-refractivity contribution is 0.0943. The van der Waals surface area contributed by atoms with Crippen molar-refractivity contribution in [3.05, 3.63) is 71.9 Å². The number of hydrogen-bond donors (Lipinski definition) is 2. The van der Waals surface area contributed by atoms with Crippen molar-refractivity contribution in [1.29, 1.82) is 0 Å². The molecule has 0 aliphatic heterocycles. The molecule has 2 aromatic heterocycles. The maximum absolute atomic E-state index is 12.2. The summed E-state index contributed by atoms with van der Waals surface area (Å²) in [4.78, 5) is 20.5. The lowest BCUT2D eigenvalue weighted by Gasteiger charge is -2.07. The van der Waals surface area contributed by atoms with Gasteiger partial charge in [-0.3, -0.25) is 4.79 Å². The predicted octanol–water partition coefficient (Wildman–Crippen LogP) is 2.62. The Morgan fingerprint density at radius 3 is 2.72 bits per heavy atom. The van der Waals surface area contributed by atoms with Crippen LogP contribution in [0.25, 0.3) is 0 Å². The van der Waals surface area contributed by atoms with Gasteiger partial charge in [0, 0.05) is 12.7 Å².